The van der Waals surface area contributed by atoms with Crippen LogP contribution < -0.4 is 4.74 Å². The molecule has 0 saturated carbocycles. The first-order valence-corrected chi connectivity index (χ1v) is 6.43. The second-order valence-electron chi connectivity index (χ2n) is 4.29. The van der Waals surface area contributed by atoms with Gasteiger partial charge >= 0.3 is 0 Å². The lowest BCUT2D eigenvalue weighted by atomic mass is 10.1. The first kappa shape index (κ1) is 13.7. The highest BCUT2D eigenvalue weighted by atomic mass is 35.5. The fraction of sp³-hybridized carbons (Fsp3) is 0.385. The van der Waals surface area contributed by atoms with Gasteiger partial charge in [0.25, 0.3) is 5.91 Å². The van der Waals surface area contributed by atoms with Crippen LogP contribution in [0.2, 0.25) is 5.02 Å². The van der Waals surface area contributed by atoms with E-state index < -0.39 is 0 Å². The van der Waals surface area contributed by atoms with E-state index in [4.69, 9.17) is 21.5 Å². The molecule has 1 heterocycles. The number of rotatable bonds is 3. The van der Waals surface area contributed by atoms with Crippen LogP contribution in [0, 0.1) is 0 Å². The van der Waals surface area contributed by atoms with Crippen LogP contribution in [0.5, 0.6) is 5.75 Å². The predicted molar refractivity (Wildman–Crippen MR) is 72.0 cm³/mol. The first-order valence-electron chi connectivity index (χ1n) is 6.05. The Morgan fingerprint density at radius 3 is 2.53 bits per heavy atom. The van der Waals surface area contributed by atoms with E-state index in [2.05, 4.69) is 5.16 Å². The minimum Gasteiger partial charge on any atom is -0.484 e. The molecule has 1 aromatic rings. The van der Waals surface area contributed by atoms with Crippen LogP contribution in [0.4, 0.5) is 0 Å². The number of hydrogen-bond acceptors (Lipinski definition) is 4. The summed E-state index contributed by atoms with van der Waals surface area (Å²) in [6.45, 7) is 1.15. The third-order valence-electron chi connectivity index (χ3n) is 3.01. The van der Waals surface area contributed by atoms with Gasteiger partial charge in [-0.25, -0.2) is 0 Å². The average Bonchev–Trinajstić information content (AvgIpc) is 2.46. The molecular weight excluding hydrogens is 268 g/mol. The number of carbonyl (C=O) groups is 1. The molecule has 1 fully saturated rings. The summed E-state index contributed by atoms with van der Waals surface area (Å²) in [6, 6.07) is 6.88. The van der Waals surface area contributed by atoms with Crippen molar-refractivity contribution in [3.05, 3.63) is 29.3 Å². The normalized spacial score (nSPS) is 15.2. The van der Waals surface area contributed by atoms with Crippen molar-refractivity contribution in [2.24, 2.45) is 5.16 Å². The Balaban J connectivity index is 1.80. The van der Waals surface area contributed by atoms with Gasteiger partial charge in [0.2, 0.25) is 0 Å². The van der Waals surface area contributed by atoms with E-state index in [0.29, 0.717) is 36.7 Å². The Labute approximate surface area is 116 Å². The van der Waals surface area contributed by atoms with Crippen molar-refractivity contribution in [2.75, 3.05) is 19.7 Å². The summed E-state index contributed by atoms with van der Waals surface area (Å²) in [5, 5.41) is 12.4. The van der Waals surface area contributed by atoms with Crippen molar-refractivity contribution in [2.45, 2.75) is 12.8 Å². The number of likely N-dealkylation sites (tertiary alicyclic amines) is 1. The summed E-state index contributed by atoms with van der Waals surface area (Å²) in [6.07, 6.45) is 1.23. The zero-order chi connectivity index (χ0) is 13.7. The van der Waals surface area contributed by atoms with Crippen LogP contribution in [0.1, 0.15) is 12.8 Å². The minimum absolute atomic E-state index is 0.00718. The van der Waals surface area contributed by atoms with Crippen molar-refractivity contribution < 1.29 is 14.7 Å². The smallest absolute Gasteiger partial charge is 0.260 e. The number of amides is 1. The van der Waals surface area contributed by atoms with E-state index in [1.54, 1.807) is 29.2 Å². The average molecular weight is 283 g/mol. The highest BCUT2D eigenvalue weighted by Crippen LogP contribution is 2.16. The second kappa shape index (κ2) is 6.43. The number of carbonyl (C=O) groups excluding carboxylic acids is 1. The molecule has 2 rings (SSSR count). The highest BCUT2D eigenvalue weighted by molar-refractivity contribution is 6.30. The molecule has 5 nitrogen and oxygen atoms in total. The topological polar surface area (TPSA) is 62.1 Å². The summed E-state index contributed by atoms with van der Waals surface area (Å²) < 4.78 is 5.40. The third-order valence-corrected chi connectivity index (χ3v) is 3.26. The Hall–Kier alpha value is -1.75. The van der Waals surface area contributed by atoms with Crippen molar-refractivity contribution in [1.82, 2.24) is 4.90 Å². The van der Waals surface area contributed by atoms with Crippen LogP contribution >= 0.6 is 11.6 Å². The summed E-state index contributed by atoms with van der Waals surface area (Å²) in [5.41, 5.74) is 0.739. The van der Waals surface area contributed by atoms with Crippen molar-refractivity contribution in [3.63, 3.8) is 0 Å². The largest absolute Gasteiger partial charge is 0.484 e. The van der Waals surface area contributed by atoms with Crippen LogP contribution in [-0.2, 0) is 4.79 Å². The van der Waals surface area contributed by atoms with Crippen LogP contribution in [0.25, 0.3) is 0 Å². The molecule has 1 aliphatic heterocycles. The maximum absolute atomic E-state index is 11.9. The Morgan fingerprint density at radius 2 is 1.95 bits per heavy atom. The molecule has 0 aromatic heterocycles. The molecule has 6 heteroatoms. The van der Waals surface area contributed by atoms with E-state index in [1.807, 2.05) is 0 Å². The van der Waals surface area contributed by atoms with Gasteiger partial charge in [-0.05, 0) is 24.3 Å². The summed E-state index contributed by atoms with van der Waals surface area (Å²) in [4.78, 5) is 13.6. The van der Waals surface area contributed by atoms with Crippen LogP contribution in [0.15, 0.2) is 29.4 Å². The van der Waals surface area contributed by atoms with Gasteiger partial charge in [-0.1, -0.05) is 16.8 Å². The van der Waals surface area contributed by atoms with E-state index in [1.165, 1.54) is 0 Å². The summed E-state index contributed by atoms with van der Waals surface area (Å²) in [7, 11) is 0. The number of oxime groups is 1. The monoisotopic (exact) mass is 282 g/mol. The SMILES string of the molecule is O=C(COc1ccc(Cl)cc1)N1CCC(=NO)CC1. The molecule has 19 heavy (non-hydrogen) atoms. The van der Waals surface area contributed by atoms with E-state index in [-0.39, 0.29) is 12.5 Å². The van der Waals surface area contributed by atoms with Gasteiger partial charge in [-0.2, -0.15) is 0 Å². The molecule has 0 unspecified atom stereocenters. The molecule has 1 aliphatic rings. The number of piperidine rings is 1. The van der Waals surface area contributed by atoms with Gasteiger partial charge in [-0.3, -0.25) is 4.79 Å². The molecule has 0 radical (unpaired) electrons. The predicted octanol–water partition coefficient (Wildman–Crippen LogP) is 2.17. The van der Waals surface area contributed by atoms with Gasteiger partial charge in [-0.15, -0.1) is 0 Å². The van der Waals surface area contributed by atoms with Gasteiger partial charge in [0.1, 0.15) is 5.75 Å². The molecule has 1 N–H and O–H groups in total. The molecule has 0 aliphatic carbocycles. The van der Waals surface area contributed by atoms with Crippen LogP contribution in [-0.4, -0.2) is 41.4 Å². The fourth-order valence-electron chi connectivity index (χ4n) is 1.88. The number of nitrogens with zero attached hydrogens (tertiary/aromatic N) is 2. The molecular formula is C13H15ClN2O3. The molecule has 1 saturated heterocycles. The van der Waals surface area contributed by atoms with Crippen molar-refractivity contribution in [1.29, 1.82) is 0 Å². The molecule has 102 valence electrons. The van der Waals surface area contributed by atoms with Gasteiger partial charge in [0, 0.05) is 31.0 Å². The second-order valence-corrected chi connectivity index (χ2v) is 4.73. The van der Waals surface area contributed by atoms with Crippen LogP contribution in [0.3, 0.4) is 0 Å². The lowest BCUT2D eigenvalue weighted by Gasteiger charge is -2.27. The lowest BCUT2D eigenvalue weighted by Crippen LogP contribution is -2.41. The first-order chi connectivity index (χ1) is 9.19. The molecule has 0 spiro atoms. The Morgan fingerprint density at radius 1 is 1.32 bits per heavy atom. The highest BCUT2D eigenvalue weighted by Gasteiger charge is 2.20. The molecule has 1 amide bonds. The molecule has 0 atom stereocenters. The van der Waals surface area contributed by atoms with Gasteiger partial charge in [0.15, 0.2) is 6.61 Å². The third kappa shape index (κ3) is 3.86. The maximum atomic E-state index is 11.9. The lowest BCUT2D eigenvalue weighted by molar-refractivity contribution is -0.133. The number of hydrogen-bond donors (Lipinski definition) is 1. The van der Waals surface area contributed by atoms with E-state index in [0.717, 1.165) is 5.71 Å². The van der Waals surface area contributed by atoms with Crippen molar-refractivity contribution >= 4 is 23.2 Å². The summed E-state index contributed by atoms with van der Waals surface area (Å²) in [5.74, 6) is 0.555. The zero-order valence-electron chi connectivity index (χ0n) is 10.4. The van der Waals surface area contributed by atoms with Gasteiger partial charge in [0.05, 0.1) is 5.71 Å². The van der Waals surface area contributed by atoms with E-state index >= 15 is 0 Å². The fourth-order valence-corrected chi connectivity index (χ4v) is 2.01. The molecule has 0 bridgehead atoms. The number of halogens is 1. The summed E-state index contributed by atoms with van der Waals surface area (Å²) >= 11 is 5.76. The Kier molecular flexibility index (Phi) is 4.63. The van der Waals surface area contributed by atoms with Crippen molar-refractivity contribution in [3.8, 4) is 5.75 Å². The van der Waals surface area contributed by atoms with E-state index in [9.17, 15) is 4.79 Å². The zero-order valence-corrected chi connectivity index (χ0v) is 11.1. The Bertz CT molecular complexity index is 463. The minimum atomic E-state index is -0.0630. The number of benzene rings is 1. The standard InChI is InChI=1S/C13H15ClN2O3/c14-10-1-3-12(4-2-10)19-9-13(17)16-7-5-11(15-18)6-8-16/h1-4,18H,5-9H2. The quantitative estimate of drug-likeness (QED) is 0.683. The maximum Gasteiger partial charge on any atom is 0.260 e. The number of ether oxygens (including phenoxy) is 1. The molecule has 1 aromatic carbocycles. The van der Waals surface area contributed by atoms with Gasteiger partial charge < -0.3 is 14.8 Å².